The molecule has 27 heavy (non-hydrogen) atoms. The van der Waals surface area contributed by atoms with Gasteiger partial charge in [-0.2, -0.15) is 0 Å². The number of aromatic nitrogens is 1. The number of fused-ring (bicyclic) bond motifs is 1. The highest BCUT2D eigenvalue weighted by Crippen LogP contribution is 2.34. The lowest BCUT2D eigenvalue weighted by atomic mass is 9.87. The lowest BCUT2D eigenvalue weighted by Gasteiger charge is -2.24. The van der Waals surface area contributed by atoms with Crippen LogP contribution in [0, 0.1) is 0 Å². The third kappa shape index (κ3) is 3.92. The first kappa shape index (κ1) is 17.8. The number of hydrogen-bond donors (Lipinski definition) is 1. The van der Waals surface area contributed by atoms with Gasteiger partial charge in [-0.3, -0.25) is 4.79 Å². The van der Waals surface area contributed by atoms with Gasteiger partial charge in [0.05, 0.1) is 0 Å². The van der Waals surface area contributed by atoms with Gasteiger partial charge in [0.15, 0.2) is 0 Å². The summed E-state index contributed by atoms with van der Waals surface area (Å²) in [6, 6.07) is 19.2. The maximum absolute atomic E-state index is 12.9. The molecule has 0 saturated heterocycles. The number of nitrogens with zero attached hydrogens (tertiary/aromatic N) is 1. The average Bonchev–Trinajstić information content (AvgIpc) is 3.04. The van der Waals surface area contributed by atoms with Gasteiger partial charge in [-0.1, -0.05) is 67.8 Å². The Hall–Kier alpha value is -2.55. The monoisotopic (exact) mass is 360 g/mol. The molecule has 3 heteroatoms. The molecule has 0 radical (unpaired) electrons. The molecular weight excluding hydrogens is 332 g/mol. The Balaban J connectivity index is 1.64. The summed E-state index contributed by atoms with van der Waals surface area (Å²) in [7, 11) is 2.08. The molecule has 4 rings (SSSR count). The minimum absolute atomic E-state index is 0.0703. The van der Waals surface area contributed by atoms with E-state index in [1.807, 2.05) is 6.07 Å². The van der Waals surface area contributed by atoms with Crippen LogP contribution in [-0.2, 0) is 11.8 Å². The van der Waals surface area contributed by atoms with E-state index in [4.69, 9.17) is 0 Å². The lowest BCUT2D eigenvalue weighted by molar-refractivity contribution is -0.122. The summed E-state index contributed by atoms with van der Waals surface area (Å²) in [5.41, 5.74) is 3.65. The summed E-state index contributed by atoms with van der Waals surface area (Å²) >= 11 is 0. The van der Waals surface area contributed by atoms with E-state index in [-0.39, 0.29) is 11.8 Å². The van der Waals surface area contributed by atoms with Crippen LogP contribution in [0.1, 0.15) is 55.6 Å². The van der Waals surface area contributed by atoms with Crippen molar-refractivity contribution in [3.63, 3.8) is 0 Å². The second-order valence-electron chi connectivity index (χ2n) is 7.78. The van der Waals surface area contributed by atoms with Gasteiger partial charge in [0.25, 0.3) is 0 Å². The van der Waals surface area contributed by atoms with E-state index < -0.39 is 0 Å². The highest BCUT2D eigenvalue weighted by molar-refractivity contribution is 5.86. The normalized spacial score (nSPS) is 16.3. The quantitative estimate of drug-likeness (QED) is 0.671. The zero-order chi connectivity index (χ0) is 18.6. The summed E-state index contributed by atoms with van der Waals surface area (Å²) < 4.78 is 2.17. The van der Waals surface area contributed by atoms with Crippen molar-refractivity contribution in [1.29, 1.82) is 0 Å². The molecule has 1 fully saturated rings. The molecule has 1 N–H and O–H groups in total. The highest BCUT2D eigenvalue weighted by Gasteiger charge is 2.24. The van der Waals surface area contributed by atoms with E-state index >= 15 is 0 Å². The van der Waals surface area contributed by atoms with Gasteiger partial charge in [0.2, 0.25) is 5.91 Å². The number of rotatable bonds is 5. The van der Waals surface area contributed by atoms with Crippen molar-refractivity contribution in [3.8, 4) is 0 Å². The molecule has 140 valence electrons. The van der Waals surface area contributed by atoms with E-state index in [0.29, 0.717) is 12.5 Å². The molecular formula is C24H28N2O. The van der Waals surface area contributed by atoms with Crippen molar-refractivity contribution in [2.45, 2.75) is 50.5 Å². The average molecular weight is 361 g/mol. The van der Waals surface area contributed by atoms with Gasteiger partial charge in [-0.25, -0.2) is 0 Å². The van der Waals surface area contributed by atoms with Crippen molar-refractivity contribution >= 4 is 16.8 Å². The molecule has 1 aliphatic carbocycles. The number of nitrogens with one attached hydrogen (secondary N) is 1. The van der Waals surface area contributed by atoms with Crippen LogP contribution >= 0.6 is 0 Å². The molecule has 1 aliphatic rings. The summed E-state index contributed by atoms with van der Waals surface area (Å²) in [6.07, 6.45) is 8.69. The summed E-state index contributed by atoms with van der Waals surface area (Å²) in [5, 5.41) is 4.53. The molecule has 3 nitrogen and oxygen atoms in total. The smallest absolute Gasteiger partial charge is 0.221 e. The molecule has 1 heterocycles. The largest absolute Gasteiger partial charge is 0.353 e. The van der Waals surface area contributed by atoms with Gasteiger partial charge >= 0.3 is 0 Å². The Morgan fingerprint density at radius 2 is 1.74 bits per heavy atom. The number of para-hydroxylation sites is 1. The van der Waals surface area contributed by atoms with Crippen LogP contribution in [0.25, 0.3) is 10.9 Å². The van der Waals surface area contributed by atoms with Crippen molar-refractivity contribution < 1.29 is 4.79 Å². The van der Waals surface area contributed by atoms with Crippen LogP contribution < -0.4 is 5.32 Å². The van der Waals surface area contributed by atoms with E-state index in [0.717, 1.165) is 12.8 Å². The second-order valence-corrected chi connectivity index (χ2v) is 7.78. The molecule has 0 bridgehead atoms. The minimum Gasteiger partial charge on any atom is -0.353 e. The Labute approximate surface area is 161 Å². The molecule has 1 amide bonds. The van der Waals surface area contributed by atoms with Crippen molar-refractivity contribution in [3.05, 3.63) is 71.9 Å². The fourth-order valence-electron chi connectivity index (χ4n) is 4.46. The van der Waals surface area contributed by atoms with Crippen LogP contribution in [0.15, 0.2) is 60.8 Å². The fourth-order valence-corrected chi connectivity index (χ4v) is 4.46. The van der Waals surface area contributed by atoms with Gasteiger partial charge in [-0.15, -0.1) is 0 Å². The van der Waals surface area contributed by atoms with Crippen LogP contribution in [0.3, 0.4) is 0 Å². The van der Waals surface area contributed by atoms with E-state index in [1.54, 1.807) is 0 Å². The van der Waals surface area contributed by atoms with E-state index in [1.165, 1.54) is 41.3 Å². The highest BCUT2D eigenvalue weighted by atomic mass is 16.1. The number of carbonyl (C=O) groups is 1. The molecule has 1 atom stereocenters. The number of benzene rings is 2. The standard InChI is InChI=1S/C24H28N2O/c1-26-17-22(20-14-8-9-15-23(20)26)21(18-10-4-2-5-11-18)16-24(27)25-19-12-6-3-7-13-19/h2,4-5,8-11,14-15,17,19,21H,3,6-7,12-13,16H2,1H3,(H,25,27). The number of hydrogen-bond acceptors (Lipinski definition) is 1. The Bertz CT molecular complexity index is 907. The maximum Gasteiger partial charge on any atom is 0.221 e. The van der Waals surface area contributed by atoms with Crippen LogP contribution in [0.5, 0.6) is 0 Å². The first-order valence-electron chi connectivity index (χ1n) is 10.1. The van der Waals surface area contributed by atoms with Gasteiger partial charge < -0.3 is 9.88 Å². The molecule has 1 unspecified atom stereocenters. The minimum atomic E-state index is 0.0703. The number of aryl methyl sites for hydroxylation is 1. The Kier molecular flexibility index (Phi) is 5.28. The molecule has 1 saturated carbocycles. The molecule has 0 spiro atoms. The van der Waals surface area contributed by atoms with Crippen LogP contribution in [0.4, 0.5) is 0 Å². The second kappa shape index (κ2) is 7.99. The third-order valence-electron chi connectivity index (χ3n) is 5.86. The van der Waals surface area contributed by atoms with Crippen molar-refractivity contribution in [1.82, 2.24) is 9.88 Å². The van der Waals surface area contributed by atoms with E-state index in [9.17, 15) is 4.79 Å². The van der Waals surface area contributed by atoms with Crippen LogP contribution in [-0.4, -0.2) is 16.5 Å². The third-order valence-corrected chi connectivity index (χ3v) is 5.86. The van der Waals surface area contributed by atoms with Gasteiger partial charge in [0.1, 0.15) is 0 Å². The topological polar surface area (TPSA) is 34.0 Å². The SMILES string of the molecule is Cn1cc(C(CC(=O)NC2CCCCC2)c2ccccc2)c2ccccc21. The zero-order valence-electron chi connectivity index (χ0n) is 16.0. The summed E-state index contributed by atoms with van der Waals surface area (Å²) in [6.45, 7) is 0. The van der Waals surface area contributed by atoms with Gasteiger partial charge in [-0.05, 0) is 30.0 Å². The molecule has 1 aromatic heterocycles. The predicted molar refractivity (Wildman–Crippen MR) is 111 cm³/mol. The summed E-state index contributed by atoms with van der Waals surface area (Å²) in [5.74, 6) is 0.240. The maximum atomic E-state index is 12.9. The summed E-state index contributed by atoms with van der Waals surface area (Å²) in [4.78, 5) is 12.9. The first-order valence-corrected chi connectivity index (χ1v) is 10.1. The zero-order valence-corrected chi connectivity index (χ0v) is 16.0. The lowest BCUT2D eigenvalue weighted by Crippen LogP contribution is -2.36. The van der Waals surface area contributed by atoms with Crippen LogP contribution in [0.2, 0.25) is 0 Å². The molecule has 0 aliphatic heterocycles. The predicted octanol–water partition coefficient (Wildman–Crippen LogP) is 5.15. The number of amides is 1. The molecule has 3 aromatic rings. The Morgan fingerprint density at radius 1 is 1.04 bits per heavy atom. The van der Waals surface area contributed by atoms with Gasteiger partial charge in [0, 0.05) is 42.5 Å². The first-order chi connectivity index (χ1) is 13.2. The van der Waals surface area contributed by atoms with Crippen molar-refractivity contribution in [2.75, 3.05) is 0 Å². The van der Waals surface area contributed by atoms with Crippen molar-refractivity contribution in [2.24, 2.45) is 7.05 Å². The van der Waals surface area contributed by atoms with E-state index in [2.05, 4.69) is 71.7 Å². The Morgan fingerprint density at radius 3 is 2.52 bits per heavy atom. The molecule has 2 aromatic carbocycles. The fraction of sp³-hybridized carbons (Fsp3) is 0.375. The number of carbonyl (C=O) groups excluding carboxylic acids is 1.